The third-order valence-corrected chi connectivity index (χ3v) is 3.98. The summed E-state index contributed by atoms with van der Waals surface area (Å²) in [5.41, 5.74) is 5.65. The molecule has 1 aromatic rings. The highest BCUT2D eigenvalue weighted by Gasteiger charge is 2.32. The molecule has 0 spiro atoms. The van der Waals surface area contributed by atoms with Crippen molar-refractivity contribution in [3.8, 4) is 0 Å². The average Bonchev–Trinajstić information content (AvgIpc) is 2.66. The summed E-state index contributed by atoms with van der Waals surface area (Å²) in [7, 11) is 1.27. The Morgan fingerprint density at radius 2 is 1.75 bits per heavy atom. The molecule has 0 radical (unpaired) electrons. The first kappa shape index (κ1) is 23.6. The maximum atomic E-state index is 12.3. The molecule has 0 aliphatic heterocycles. The minimum Gasteiger partial charge on any atom is -0.469 e. The van der Waals surface area contributed by atoms with Gasteiger partial charge in [0.2, 0.25) is 0 Å². The third kappa shape index (κ3) is 8.96. The molecule has 0 atom stereocenters. The van der Waals surface area contributed by atoms with Crippen LogP contribution in [0.5, 0.6) is 0 Å². The number of nitrogens with zero attached hydrogens (tertiary/aromatic N) is 1. The molecule has 0 aliphatic carbocycles. The number of carbonyl (C=O) groups is 3. The molecule has 0 heterocycles. The minimum atomic E-state index is -0.884. The van der Waals surface area contributed by atoms with Crippen LogP contribution in [-0.2, 0) is 35.2 Å². The lowest BCUT2D eigenvalue weighted by Crippen LogP contribution is -2.44. The standard InChI is InChI=1S/C20H30N2O6/c1-20(2,19(25)27-12-9-17(23)26-3)15-22(11-10-21)13-18(24)28-14-16-7-5-4-6-8-16/h4-8H,9-15,21H2,1-3H3. The molecule has 0 unspecified atom stereocenters. The smallest absolute Gasteiger partial charge is 0.320 e. The lowest BCUT2D eigenvalue weighted by molar-refractivity contribution is -0.158. The van der Waals surface area contributed by atoms with Crippen LogP contribution in [0, 0.1) is 5.41 Å². The zero-order valence-corrected chi connectivity index (χ0v) is 16.8. The van der Waals surface area contributed by atoms with Gasteiger partial charge in [0, 0.05) is 19.6 Å². The molecule has 0 saturated heterocycles. The Morgan fingerprint density at radius 3 is 2.36 bits per heavy atom. The molecule has 2 N–H and O–H groups in total. The monoisotopic (exact) mass is 394 g/mol. The van der Waals surface area contributed by atoms with E-state index in [0.29, 0.717) is 13.1 Å². The van der Waals surface area contributed by atoms with Gasteiger partial charge >= 0.3 is 17.9 Å². The highest BCUT2D eigenvalue weighted by atomic mass is 16.5. The van der Waals surface area contributed by atoms with Crippen LogP contribution in [0.3, 0.4) is 0 Å². The predicted octanol–water partition coefficient (Wildman–Crippen LogP) is 1.12. The van der Waals surface area contributed by atoms with Crippen molar-refractivity contribution >= 4 is 17.9 Å². The van der Waals surface area contributed by atoms with Crippen LogP contribution in [-0.4, -0.2) is 62.7 Å². The summed E-state index contributed by atoms with van der Waals surface area (Å²) < 4.78 is 15.0. The molecule has 0 fully saturated rings. The number of carbonyl (C=O) groups excluding carboxylic acids is 3. The number of rotatable bonds is 12. The van der Waals surface area contributed by atoms with Crippen molar-refractivity contribution in [1.29, 1.82) is 0 Å². The Kier molecular flexibility index (Phi) is 10.2. The van der Waals surface area contributed by atoms with Gasteiger partial charge in [-0.25, -0.2) is 0 Å². The Morgan fingerprint density at radius 1 is 1.07 bits per heavy atom. The van der Waals surface area contributed by atoms with Crippen LogP contribution < -0.4 is 5.73 Å². The molecule has 1 aromatic carbocycles. The van der Waals surface area contributed by atoms with Gasteiger partial charge in [-0.3, -0.25) is 19.3 Å². The molecular weight excluding hydrogens is 364 g/mol. The summed E-state index contributed by atoms with van der Waals surface area (Å²) >= 11 is 0. The van der Waals surface area contributed by atoms with Crippen molar-refractivity contribution in [2.45, 2.75) is 26.9 Å². The molecule has 0 aliphatic rings. The molecule has 1 rings (SSSR count). The zero-order valence-electron chi connectivity index (χ0n) is 16.8. The summed E-state index contributed by atoms with van der Waals surface area (Å²) in [6.45, 7) is 4.61. The molecular formula is C20H30N2O6. The van der Waals surface area contributed by atoms with E-state index in [2.05, 4.69) is 4.74 Å². The van der Waals surface area contributed by atoms with Crippen molar-refractivity contribution in [3.05, 3.63) is 35.9 Å². The second kappa shape index (κ2) is 12.1. The normalized spacial score (nSPS) is 11.2. The summed E-state index contributed by atoms with van der Waals surface area (Å²) in [6.07, 6.45) is -0.00333. The summed E-state index contributed by atoms with van der Waals surface area (Å²) in [4.78, 5) is 37.4. The fourth-order valence-corrected chi connectivity index (χ4v) is 2.51. The molecule has 0 amide bonds. The number of ether oxygens (including phenoxy) is 3. The van der Waals surface area contributed by atoms with Gasteiger partial charge in [0.15, 0.2) is 0 Å². The lowest BCUT2D eigenvalue weighted by atomic mass is 9.93. The van der Waals surface area contributed by atoms with E-state index in [1.54, 1.807) is 18.7 Å². The Balaban J connectivity index is 2.52. The van der Waals surface area contributed by atoms with E-state index < -0.39 is 23.3 Å². The van der Waals surface area contributed by atoms with Gasteiger partial charge in [-0.05, 0) is 19.4 Å². The number of methoxy groups -OCH3 is 1. The van der Waals surface area contributed by atoms with Gasteiger partial charge in [-0.15, -0.1) is 0 Å². The lowest BCUT2D eigenvalue weighted by Gasteiger charge is -2.30. The third-order valence-electron chi connectivity index (χ3n) is 3.98. The Hall–Kier alpha value is -2.45. The van der Waals surface area contributed by atoms with Gasteiger partial charge in [0.05, 0.1) is 25.5 Å². The van der Waals surface area contributed by atoms with E-state index in [-0.39, 0.29) is 32.7 Å². The van der Waals surface area contributed by atoms with Crippen LogP contribution in [0.1, 0.15) is 25.8 Å². The van der Waals surface area contributed by atoms with Crippen molar-refractivity contribution in [1.82, 2.24) is 4.90 Å². The van der Waals surface area contributed by atoms with Crippen LogP contribution in [0.4, 0.5) is 0 Å². The van der Waals surface area contributed by atoms with E-state index in [4.69, 9.17) is 15.2 Å². The van der Waals surface area contributed by atoms with Crippen LogP contribution in [0.25, 0.3) is 0 Å². The van der Waals surface area contributed by atoms with Gasteiger partial charge in [-0.2, -0.15) is 0 Å². The van der Waals surface area contributed by atoms with E-state index in [9.17, 15) is 14.4 Å². The van der Waals surface area contributed by atoms with E-state index in [0.717, 1.165) is 5.56 Å². The van der Waals surface area contributed by atoms with Crippen molar-refractivity contribution in [3.63, 3.8) is 0 Å². The van der Waals surface area contributed by atoms with Gasteiger partial charge in [-0.1, -0.05) is 30.3 Å². The molecule has 156 valence electrons. The number of nitrogens with two attached hydrogens (primary N) is 1. The number of benzene rings is 1. The first-order valence-corrected chi connectivity index (χ1v) is 9.14. The molecule has 8 heteroatoms. The van der Waals surface area contributed by atoms with Gasteiger partial charge in [0.1, 0.15) is 13.2 Å². The van der Waals surface area contributed by atoms with E-state index in [1.165, 1.54) is 7.11 Å². The van der Waals surface area contributed by atoms with Crippen LogP contribution in [0.15, 0.2) is 30.3 Å². The first-order valence-electron chi connectivity index (χ1n) is 9.14. The van der Waals surface area contributed by atoms with Crippen molar-refractivity contribution in [2.75, 3.05) is 39.9 Å². The minimum absolute atomic E-state index is 0.00333. The molecule has 0 saturated carbocycles. The van der Waals surface area contributed by atoms with E-state index in [1.807, 2.05) is 30.3 Å². The Bertz CT molecular complexity index is 633. The predicted molar refractivity (Wildman–Crippen MR) is 103 cm³/mol. The zero-order chi connectivity index (χ0) is 21.0. The highest BCUT2D eigenvalue weighted by molar-refractivity contribution is 5.77. The topological polar surface area (TPSA) is 108 Å². The second-order valence-corrected chi connectivity index (χ2v) is 6.99. The van der Waals surface area contributed by atoms with E-state index >= 15 is 0 Å². The first-order chi connectivity index (χ1) is 13.3. The van der Waals surface area contributed by atoms with Crippen LogP contribution >= 0.6 is 0 Å². The maximum Gasteiger partial charge on any atom is 0.320 e. The molecule has 28 heavy (non-hydrogen) atoms. The van der Waals surface area contributed by atoms with Crippen LogP contribution in [0.2, 0.25) is 0 Å². The van der Waals surface area contributed by atoms with Gasteiger partial charge < -0.3 is 19.9 Å². The fourth-order valence-electron chi connectivity index (χ4n) is 2.51. The Labute approximate surface area is 165 Å². The number of hydrogen-bond acceptors (Lipinski definition) is 8. The number of esters is 3. The molecule has 0 bridgehead atoms. The largest absolute Gasteiger partial charge is 0.469 e. The van der Waals surface area contributed by atoms with Crippen molar-refractivity contribution < 1.29 is 28.6 Å². The quantitative estimate of drug-likeness (QED) is 0.415. The summed E-state index contributed by atoms with van der Waals surface area (Å²) in [5, 5.41) is 0. The number of hydrogen-bond donors (Lipinski definition) is 1. The summed E-state index contributed by atoms with van der Waals surface area (Å²) in [5.74, 6) is -1.31. The van der Waals surface area contributed by atoms with Crippen molar-refractivity contribution in [2.24, 2.45) is 11.1 Å². The summed E-state index contributed by atoms with van der Waals surface area (Å²) in [6, 6.07) is 9.38. The van der Waals surface area contributed by atoms with Gasteiger partial charge in [0.25, 0.3) is 0 Å². The highest BCUT2D eigenvalue weighted by Crippen LogP contribution is 2.19. The SMILES string of the molecule is COC(=O)CCOC(=O)C(C)(C)CN(CCN)CC(=O)OCc1ccccc1. The fraction of sp³-hybridized carbons (Fsp3) is 0.550. The molecule has 8 nitrogen and oxygen atoms in total. The second-order valence-electron chi connectivity index (χ2n) is 6.99. The molecule has 0 aromatic heterocycles. The average molecular weight is 394 g/mol. The maximum absolute atomic E-state index is 12.3.